The predicted octanol–water partition coefficient (Wildman–Crippen LogP) is -7.07. The molecule has 2 rings (SSSR count). The molecule has 8 nitrogen and oxygen atoms in total. The number of nitro benzene ring substituents is 1. The van der Waals surface area contributed by atoms with E-state index in [2.05, 4.69) is 0 Å². The summed E-state index contributed by atoms with van der Waals surface area (Å²) < 4.78 is 10.3. The van der Waals surface area contributed by atoms with Crippen molar-refractivity contribution < 1.29 is 132 Å². The van der Waals surface area contributed by atoms with Crippen LogP contribution in [0.15, 0.2) is 24.3 Å². The molecule has 1 saturated heterocycles. The molecule has 0 aromatic heterocycles. The number of carboxylic acid groups (broad SMARTS) is 2. The van der Waals surface area contributed by atoms with E-state index in [-0.39, 0.29) is 115 Å². The van der Waals surface area contributed by atoms with Gasteiger partial charge in [0.25, 0.3) is 5.69 Å². The molecule has 1 fully saturated rings. The number of nitrogens with zero attached hydrogens (tertiary/aromatic N) is 1. The quantitative estimate of drug-likeness (QED) is 0.232. The molecule has 10 heteroatoms. The molecule has 1 heterocycles. The molecule has 0 radical (unpaired) electrons. The average Bonchev–Trinajstić information content (AvgIpc) is 3.10. The van der Waals surface area contributed by atoms with Gasteiger partial charge in [0, 0.05) is 12.1 Å². The van der Waals surface area contributed by atoms with Crippen LogP contribution in [0.2, 0.25) is 0 Å². The van der Waals surface area contributed by atoms with E-state index >= 15 is 0 Å². The van der Waals surface area contributed by atoms with Crippen LogP contribution in [-0.2, 0) is 4.74 Å². The van der Waals surface area contributed by atoms with E-state index in [0.29, 0.717) is 12.4 Å². The monoisotopic (exact) mass is 333 g/mol. The van der Waals surface area contributed by atoms with E-state index in [4.69, 9.17) is 24.5 Å². The fourth-order valence-electron chi connectivity index (χ4n) is 1.02. The summed E-state index contributed by atoms with van der Waals surface area (Å²) in [6.07, 6.45) is -2.13. The van der Waals surface area contributed by atoms with Gasteiger partial charge in [-0.15, -0.1) is 0 Å². The molecule has 0 spiro atoms. The van der Waals surface area contributed by atoms with Crippen LogP contribution in [0.5, 0.6) is 5.75 Å². The largest absolute Gasteiger partial charge is 1.00 e. The van der Waals surface area contributed by atoms with Gasteiger partial charge < -0.3 is 24.5 Å². The maximum atomic E-state index is 10.3. The van der Waals surface area contributed by atoms with Gasteiger partial charge in [0.2, 0.25) is 0 Å². The molecular weight excluding hydrogens is 324 g/mol. The van der Waals surface area contributed by atoms with Crippen LogP contribution in [-0.4, -0.2) is 30.4 Å². The third kappa shape index (κ3) is 11.6. The summed E-state index contributed by atoms with van der Waals surface area (Å²) in [4.78, 5) is 18.2. The second-order valence-electron chi connectivity index (χ2n) is 3.27. The normalized spacial score (nSPS) is 14.5. The zero-order valence-electron chi connectivity index (χ0n) is 11.1. The van der Waals surface area contributed by atoms with E-state index in [1.54, 1.807) is 12.1 Å². The van der Waals surface area contributed by atoms with Gasteiger partial charge in [-0.2, -0.15) is 0 Å². The minimum absolute atomic E-state index is 0. The van der Waals surface area contributed by atoms with Crippen LogP contribution in [0.1, 0.15) is 0 Å². The number of carbonyl (C=O) groups is 1. The van der Waals surface area contributed by atoms with Crippen LogP contribution in [0.3, 0.4) is 0 Å². The summed E-state index contributed by atoms with van der Waals surface area (Å²) in [7, 11) is 0. The Hall–Kier alpha value is 0.923. The minimum Gasteiger partial charge on any atom is -0.652 e. The fraction of sp³-hybridized carbons (Fsp3) is 0.300. The van der Waals surface area contributed by atoms with E-state index in [1.807, 2.05) is 0 Å². The van der Waals surface area contributed by atoms with Crippen molar-refractivity contribution in [3.63, 3.8) is 0 Å². The smallest absolute Gasteiger partial charge is 0.652 e. The maximum absolute atomic E-state index is 10.3. The third-order valence-electron chi connectivity index (χ3n) is 1.89. The van der Waals surface area contributed by atoms with E-state index in [9.17, 15) is 10.1 Å². The Labute approximate surface area is 199 Å². The van der Waals surface area contributed by atoms with Crippen molar-refractivity contribution in [3.8, 4) is 5.75 Å². The Bertz CT molecular complexity index is 418. The predicted molar refractivity (Wildman–Crippen MR) is 53.7 cm³/mol. The van der Waals surface area contributed by atoms with Crippen molar-refractivity contribution in [2.75, 3.05) is 13.2 Å². The second-order valence-corrected chi connectivity index (χ2v) is 3.27. The van der Waals surface area contributed by atoms with E-state index < -0.39 is 11.1 Å². The summed E-state index contributed by atoms with van der Waals surface area (Å²) in [5.74, 6) is 0.631. The molecular formula is C10H9K2NO7. The number of hydrogen-bond acceptors (Lipinski definition) is 7. The van der Waals surface area contributed by atoms with Gasteiger partial charge >= 0.3 is 103 Å². The molecule has 1 aliphatic rings. The molecule has 0 bridgehead atoms. The van der Waals surface area contributed by atoms with Gasteiger partial charge in [-0.3, -0.25) is 10.1 Å². The number of benzene rings is 1. The second kappa shape index (κ2) is 12.5. The first kappa shape index (κ1) is 23.2. The van der Waals surface area contributed by atoms with E-state index in [0.717, 1.165) is 6.61 Å². The molecule has 0 saturated carbocycles. The number of ether oxygens (including phenoxy) is 2. The molecule has 1 aromatic rings. The third-order valence-corrected chi connectivity index (χ3v) is 1.89. The van der Waals surface area contributed by atoms with Crippen LogP contribution in [0.4, 0.5) is 10.5 Å². The van der Waals surface area contributed by atoms with Crippen molar-refractivity contribution in [1.82, 2.24) is 0 Å². The zero-order chi connectivity index (χ0) is 13.5. The van der Waals surface area contributed by atoms with Crippen molar-refractivity contribution in [1.29, 1.82) is 0 Å². The molecule has 1 atom stereocenters. The van der Waals surface area contributed by atoms with E-state index in [1.165, 1.54) is 12.1 Å². The first-order valence-corrected chi connectivity index (χ1v) is 4.86. The summed E-state index contributed by atoms with van der Waals surface area (Å²) in [5.41, 5.74) is 0.0695. The van der Waals surface area contributed by atoms with Crippen LogP contribution >= 0.6 is 0 Å². The van der Waals surface area contributed by atoms with Gasteiger partial charge in [-0.25, -0.2) is 0 Å². The van der Waals surface area contributed by atoms with Crippen molar-refractivity contribution >= 4 is 11.8 Å². The van der Waals surface area contributed by atoms with Crippen molar-refractivity contribution in [2.45, 2.75) is 6.10 Å². The Morgan fingerprint density at radius 3 is 2.10 bits per heavy atom. The molecule has 0 N–H and O–H groups in total. The number of rotatable bonds is 4. The van der Waals surface area contributed by atoms with Crippen molar-refractivity contribution in [2.24, 2.45) is 0 Å². The fourth-order valence-corrected chi connectivity index (χ4v) is 1.02. The van der Waals surface area contributed by atoms with Crippen molar-refractivity contribution in [3.05, 3.63) is 34.4 Å². The maximum Gasteiger partial charge on any atom is 1.00 e. The number of hydrogen-bond donors (Lipinski definition) is 0. The summed E-state index contributed by atoms with van der Waals surface area (Å²) in [6, 6.07) is 6.01. The first-order valence-electron chi connectivity index (χ1n) is 4.86. The summed E-state index contributed by atoms with van der Waals surface area (Å²) in [5, 5.41) is 27.0. The molecule has 1 aliphatic heterocycles. The SMILES string of the molecule is O=C([O-])[O-].O=[N+]([O-])c1ccc(OCC2CO2)cc1.[K+].[K+]. The van der Waals surface area contributed by atoms with Gasteiger partial charge in [0.05, 0.1) is 11.5 Å². The number of epoxide rings is 1. The Kier molecular flexibility index (Phi) is 14.5. The zero-order valence-corrected chi connectivity index (χ0v) is 17.4. The Balaban J connectivity index is 0. The standard InChI is InChI=1S/C9H9NO4.CH2O3.2K/c11-10(12)7-1-3-8(4-2-7)13-5-9-6-14-9;2-1(3)4;;/h1-4,9H,5-6H2;(H2,2,3,4);;/q;;2*+1/p-2. The average molecular weight is 333 g/mol. The molecule has 0 amide bonds. The van der Waals surface area contributed by atoms with Gasteiger partial charge in [-0.1, -0.05) is 0 Å². The number of nitro groups is 1. The molecule has 1 unspecified atom stereocenters. The molecule has 20 heavy (non-hydrogen) atoms. The Morgan fingerprint density at radius 1 is 1.30 bits per heavy atom. The van der Waals surface area contributed by atoms with Crippen LogP contribution in [0.25, 0.3) is 0 Å². The number of carbonyl (C=O) groups excluding carboxylic acids is 1. The minimum atomic E-state index is -2.33. The van der Waals surface area contributed by atoms with Crippen LogP contribution in [0, 0.1) is 10.1 Å². The molecule has 0 aliphatic carbocycles. The molecule has 98 valence electrons. The van der Waals surface area contributed by atoms with Crippen LogP contribution < -0.4 is 118 Å². The summed E-state index contributed by atoms with van der Waals surface area (Å²) in [6.45, 7) is 1.25. The molecule has 1 aromatic carbocycles. The topological polar surface area (TPSA) is 128 Å². The van der Waals surface area contributed by atoms with Gasteiger partial charge in [-0.05, 0) is 18.3 Å². The number of non-ortho nitro benzene ring substituents is 1. The first-order chi connectivity index (χ1) is 8.49. The van der Waals surface area contributed by atoms with Gasteiger partial charge in [0.1, 0.15) is 18.5 Å². The Morgan fingerprint density at radius 2 is 1.75 bits per heavy atom. The summed E-state index contributed by atoms with van der Waals surface area (Å²) >= 11 is 0. The van der Waals surface area contributed by atoms with Gasteiger partial charge in [0.15, 0.2) is 0 Å².